The fourth-order valence-electron chi connectivity index (χ4n) is 2.56. The summed E-state index contributed by atoms with van der Waals surface area (Å²) in [7, 11) is 0. The minimum absolute atomic E-state index is 0.128. The van der Waals surface area contributed by atoms with E-state index in [1.54, 1.807) is 12.1 Å². The van der Waals surface area contributed by atoms with Crippen LogP contribution in [0.3, 0.4) is 0 Å². The van der Waals surface area contributed by atoms with Crippen molar-refractivity contribution in [3.63, 3.8) is 0 Å². The van der Waals surface area contributed by atoms with Crippen LogP contribution in [0.4, 0.5) is 4.39 Å². The van der Waals surface area contributed by atoms with Crippen molar-refractivity contribution < 1.29 is 4.39 Å². The van der Waals surface area contributed by atoms with Crippen LogP contribution in [0, 0.1) is 5.82 Å². The summed E-state index contributed by atoms with van der Waals surface area (Å²) in [6.45, 7) is 0.701. The minimum atomic E-state index is -0.395. The molecular weight excluding hydrogens is 277 g/mol. The molecule has 0 aliphatic carbocycles. The van der Waals surface area contributed by atoms with Crippen LogP contribution < -0.4 is 5.43 Å². The van der Waals surface area contributed by atoms with Gasteiger partial charge in [0.05, 0.1) is 11.0 Å². The van der Waals surface area contributed by atoms with E-state index in [1.165, 1.54) is 12.1 Å². The molecule has 102 valence electrons. The van der Waals surface area contributed by atoms with Crippen molar-refractivity contribution in [3.8, 4) is 0 Å². The molecule has 0 saturated carbocycles. The second-order valence-electron chi connectivity index (χ2n) is 4.70. The highest BCUT2D eigenvalue weighted by Crippen LogP contribution is 2.20. The van der Waals surface area contributed by atoms with Crippen molar-refractivity contribution in [1.82, 2.24) is 4.57 Å². The van der Waals surface area contributed by atoms with E-state index in [0.29, 0.717) is 23.2 Å². The Hall–Kier alpha value is -1.87. The molecule has 0 unspecified atom stereocenters. The molecule has 0 spiro atoms. The molecule has 0 aliphatic heterocycles. The van der Waals surface area contributed by atoms with Crippen LogP contribution in [0.5, 0.6) is 0 Å². The summed E-state index contributed by atoms with van der Waals surface area (Å²) in [5.41, 5.74) is 1.49. The predicted molar refractivity (Wildman–Crippen MR) is 81.0 cm³/mol. The second-order valence-corrected chi connectivity index (χ2v) is 5.08. The minimum Gasteiger partial charge on any atom is -0.340 e. The van der Waals surface area contributed by atoms with Crippen molar-refractivity contribution >= 4 is 33.4 Å². The number of rotatable bonds is 3. The largest absolute Gasteiger partial charge is 0.340 e. The fraction of sp³-hybridized carbons (Fsp3) is 0.188. The lowest BCUT2D eigenvalue weighted by Gasteiger charge is -2.14. The number of para-hydroxylation sites is 1. The Kier molecular flexibility index (Phi) is 3.45. The number of aromatic nitrogens is 1. The highest BCUT2D eigenvalue weighted by atomic mass is 35.5. The maximum absolute atomic E-state index is 13.4. The maximum Gasteiger partial charge on any atom is 0.197 e. The van der Waals surface area contributed by atoms with Crippen molar-refractivity contribution in [2.75, 3.05) is 5.88 Å². The summed E-state index contributed by atoms with van der Waals surface area (Å²) >= 11 is 5.78. The lowest BCUT2D eigenvalue weighted by atomic mass is 10.1. The third-order valence-corrected chi connectivity index (χ3v) is 3.72. The molecule has 0 N–H and O–H groups in total. The van der Waals surface area contributed by atoms with Crippen LogP contribution in [0.15, 0.2) is 47.3 Å². The Morgan fingerprint density at radius 1 is 1.05 bits per heavy atom. The van der Waals surface area contributed by atoms with Crippen LogP contribution in [-0.2, 0) is 6.54 Å². The molecule has 0 aliphatic rings. The number of benzene rings is 2. The van der Waals surface area contributed by atoms with E-state index in [9.17, 15) is 9.18 Å². The van der Waals surface area contributed by atoms with E-state index in [-0.39, 0.29) is 5.43 Å². The van der Waals surface area contributed by atoms with E-state index in [4.69, 9.17) is 11.6 Å². The molecule has 0 fully saturated rings. The predicted octanol–water partition coefficient (Wildman–Crippen LogP) is 3.92. The maximum atomic E-state index is 13.4. The fourth-order valence-corrected chi connectivity index (χ4v) is 2.68. The Morgan fingerprint density at radius 3 is 2.60 bits per heavy atom. The van der Waals surface area contributed by atoms with Crippen LogP contribution in [0.2, 0.25) is 0 Å². The molecule has 0 atom stereocenters. The topological polar surface area (TPSA) is 22.0 Å². The highest BCUT2D eigenvalue weighted by Gasteiger charge is 2.10. The van der Waals surface area contributed by atoms with Gasteiger partial charge >= 0.3 is 0 Å². The smallest absolute Gasteiger partial charge is 0.197 e. The molecule has 2 aromatic carbocycles. The highest BCUT2D eigenvalue weighted by molar-refractivity contribution is 6.17. The first kappa shape index (κ1) is 13.1. The quantitative estimate of drug-likeness (QED) is 0.529. The molecule has 0 radical (unpaired) electrons. The summed E-state index contributed by atoms with van der Waals surface area (Å²) < 4.78 is 15.5. The summed E-state index contributed by atoms with van der Waals surface area (Å²) in [5.74, 6) is 0.150. The molecule has 4 heteroatoms. The van der Waals surface area contributed by atoms with Gasteiger partial charge in [-0.3, -0.25) is 4.79 Å². The van der Waals surface area contributed by atoms with Gasteiger partial charge in [-0.1, -0.05) is 12.1 Å². The van der Waals surface area contributed by atoms with Crippen molar-refractivity contribution in [3.05, 3.63) is 58.5 Å². The monoisotopic (exact) mass is 289 g/mol. The summed E-state index contributed by atoms with van der Waals surface area (Å²) in [6, 6.07) is 11.8. The number of hydrogen-bond donors (Lipinski definition) is 0. The lowest BCUT2D eigenvalue weighted by Crippen LogP contribution is -2.12. The van der Waals surface area contributed by atoms with Crippen molar-refractivity contribution in [2.24, 2.45) is 0 Å². The van der Waals surface area contributed by atoms with Gasteiger partial charge in [0.25, 0.3) is 0 Å². The molecule has 2 nitrogen and oxygen atoms in total. The molecule has 1 aromatic heterocycles. The Bertz CT molecular complexity index is 841. The lowest BCUT2D eigenvalue weighted by molar-refractivity contribution is 0.629. The van der Waals surface area contributed by atoms with Gasteiger partial charge in [0.1, 0.15) is 5.82 Å². The molecular formula is C16H13ClFNO. The number of hydrogen-bond acceptors (Lipinski definition) is 1. The molecule has 20 heavy (non-hydrogen) atoms. The molecule has 0 saturated heterocycles. The molecule has 0 bridgehead atoms. The Balaban J connectivity index is 2.46. The second kappa shape index (κ2) is 5.25. The summed E-state index contributed by atoms with van der Waals surface area (Å²) in [4.78, 5) is 12.5. The van der Waals surface area contributed by atoms with Gasteiger partial charge in [0.2, 0.25) is 0 Å². The van der Waals surface area contributed by atoms with E-state index in [0.717, 1.165) is 17.5 Å². The number of aryl methyl sites for hydroxylation is 1. The third kappa shape index (κ3) is 2.08. The summed E-state index contributed by atoms with van der Waals surface area (Å²) in [5, 5.41) is 1.03. The van der Waals surface area contributed by atoms with Gasteiger partial charge in [-0.15, -0.1) is 11.6 Å². The zero-order valence-electron chi connectivity index (χ0n) is 10.8. The van der Waals surface area contributed by atoms with Gasteiger partial charge in [-0.05, 0) is 36.8 Å². The zero-order chi connectivity index (χ0) is 14.1. The summed E-state index contributed by atoms with van der Waals surface area (Å²) in [6.07, 6.45) is 0.793. The van der Waals surface area contributed by atoms with E-state index < -0.39 is 5.82 Å². The van der Waals surface area contributed by atoms with Gasteiger partial charge in [0, 0.05) is 23.2 Å². The van der Waals surface area contributed by atoms with E-state index >= 15 is 0 Å². The average molecular weight is 290 g/mol. The van der Waals surface area contributed by atoms with Crippen LogP contribution in [-0.4, -0.2) is 10.4 Å². The SMILES string of the molecule is O=c1c2ccccc2n(CCCCl)c2ccc(F)cc12. The Labute approximate surface area is 120 Å². The molecule has 0 amide bonds. The first-order chi connectivity index (χ1) is 9.72. The normalized spacial score (nSPS) is 11.3. The van der Waals surface area contributed by atoms with Crippen molar-refractivity contribution in [1.29, 1.82) is 0 Å². The molecule has 1 heterocycles. The first-order valence-corrected chi connectivity index (χ1v) is 7.02. The number of fused-ring (bicyclic) bond motifs is 2. The van der Waals surface area contributed by atoms with Gasteiger partial charge in [0.15, 0.2) is 5.43 Å². The molecule has 3 aromatic rings. The Morgan fingerprint density at radius 2 is 1.80 bits per heavy atom. The number of halogens is 2. The van der Waals surface area contributed by atoms with E-state index in [2.05, 4.69) is 0 Å². The number of nitrogens with zero attached hydrogens (tertiary/aromatic N) is 1. The third-order valence-electron chi connectivity index (χ3n) is 3.45. The standard InChI is InChI=1S/C16H13ClFNO/c17-8-3-9-19-14-5-2-1-4-12(14)16(20)13-10-11(18)6-7-15(13)19/h1-2,4-7,10H,3,8-9H2. The van der Waals surface area contributed by atoms with Crippen LogP contribution in [0.1, 0.15) is 6.42 Å². The van der Waals surface area contributed by atoms with Crippen molar-refractivity contribution in [2.45, 2.75) is 13.0 Å². The van der Waals surface area contributed by atoms with E-state index in [1.807, 2.05) is 22.8 Å². The molecule has 3 rings (SSSR count). The van der Waals surface area contributed by atoms with Crippen LogP contribution >= 0.6 is 11.6 Å². The zero-order valence-corrected chi connectivity index (χ0v) is 11.5. The van der Waals surface area contributed by atoms with Gasteiger partial charge < -0.3 is 4.57 Å². The number of alkyl halides is 1. The van der Waals surface area contributed by atoms with Gasteiger partial charge in [-0.25, -0.2) is 4.39 Å². The number of pyridine rings is 1. The average Bonchev–Trinajstić information content (AvgIpc) is 2.48. The van der Waals surface area contributed by atoms with Gasteiger partial charge in [-0.2, -0.15) is 0 Å². The van der Waals surface area contributed by atoms with Crippen LogP contribution in [0.25, 0.3) is 21.8 Å². The first-order valence-electron chi connectivity index (χ1n) is 6.49.